The van der Waals surface area contributed by atoms with Crippen molar-refractivity contribution in [2.24, 2.45) is 0 Å². The summed E-state index contributed by atoms with van der Waals surface area (Å²) >= 11 is 0. The molecule has 1 unspecified atom stereocenters. The first-order valence-electron chi connectivity index (χ1n) is 6.10. The summed E-state index contributed by atoms with van der Waals surface area (Å²) in [5.41, 5.74) is 2.22. The fraction of sp³-hybridized carbons (Fsp3) is 0.429. The molecule has 0 heterocycles. The van der Waals surface area contributed by atoms with Gasteiger partial charge in [0.2, 0.25) is 7.37 Å². The first-order chi connectivity index (χ1) is 8.05. The van der Waals surface area contributed by atoms with Crippen molar-refractivity contribution >= 4 is 12.7 Å². The van der Waals surface area contributed by atoms with E-state index >= 15 is 0 Å². The van der Waals surface area contributed by atoms with E-state index < -0.39 is 7.37 Å². The van der Waals surface area contributed by atoms with Gasteiger partial charge in [0.1, 0.15) is 0 Å². The molecule has 1 rings (SSSR count). The molecule has 1 aromatic carbocycles. The van der Waals surface area contributed by atoms with Crippen molar-refractivity contribution < 1.29 is 9.46 Å². The zero-order valence-electron chi connectivity index (χ0n) is 10.6. The van der Waals surface area contributed by atoms with Crippen LogP contribution < -0.4 is 5.30 Å². The third kappa shape index (κ3) is 3.55. The van der Waals surface area contributed by atoms with E-state index in [0.29, 0.717) is 11.7 Å². The minimum atomic E-state index is -3.22. The van der Waals surface area contributed by atoms with E-state index in [1.165, 1.54) is 5.56 Å². The van der Waals surface area contributed by atoms with Crippen LogP contribution in [0.3, 0.4) is 0 Å². The van der Waals surface area contributed by atoms with Gasteiger partial charge in [-0.05, 0) is 36.5 Å². The lowest BCUT2D eigenvalue weighted by Gasteiger charge is -2.15. The summed E-state index contributed by atoms with van der Waals surface area (Å²) in [6, 6.07) is 5.82. The Morgan fingerprint density at radius 2 is 2.06 bits per heavy atom. The molecule has 0 fully saturated rings. The van der Waals surface area contributed by atoms with Crippen molar-refractivity contribution in [2.45, 2.75) is 33.1 Å². The molecule has 0 spiro atoms. The highest BCUT2D eigenvalue weighted by atomic mass is 31.2. The molecule has 0 aliphatic heterocycles. The smallest absolute Gasteiger partial charge is 0.230 e. The number of hydrogen-bond donors (Lipinski definition) is 1. The maximum absolute atomic E-state index is 12.3. The lowest BCUT2D eigenvalue weighted by molar-refractivity contribution is 0.489. The Kier molecular flexibility index (Phi) is 5.17. The summed E-state index contributed by atoms with van der Waals surface area (Å²) in [6.07, 6.45) is 4.30. The Hall–Kier alpha value is -0.850. The van der Waals surface area contributed by atoms with Crippen LogP contribution in [0.25, 0.3) is 0 Å². The van der Waals surface area contributed by atoms with Gasteiger partial charge in [0, 0.05) is 11.5 Å². The van der Waals surface area contributed by atoms with Gasteiger partial charge < -0.3 is 4.89 Å². The monoisotopic (exact) mass is 252 g/mol. The molecule has 1 aromatic rings. The molecule has 3 heteroatoms. The maximum Gasteiger partial charge on any atom is 0.230 e. The van der Waals surface area contributed by atoms with Crippen molar-refractivity contribution in [3.63, 3.8) is 0 Å². The highest BCUT2D eigenvalue weighted by Gasteiger charge is 2.23. The first-order valence-corrected chi connectivity index (χ1v) is 7.94. The van der Waals surface area contributed by atoms with Crippen LogP contribution in [0.15, 0.2) is 30.9 Å². The minimum absolute atomic E-state index is 0.287. The summed E-state index contributed by atoms with van der Waals surface area (Å²) in [7, 11) is -3.22. The second-order valence-electron chi connectivity index (χ2n) is 4.17. The van der Waals surface area contributed by atoms with E-state index in [0.717, 1.165) is 18.4 Å². The highest BCUT2D eigenvalue weighted by molar-refractivity contribution is 7.66. The van der Waals surface area contributed by atoms with E-state index in [1.54, 1.807) is 6.08 Å². The van der Waals surface area contributed by atoms with Gasteiger partial charge in [-0.15, -0.1) is 6.58 Å². The fourth-order valence-corrected chi connectivity index (χ4v) is 3.62. The Bertz CT molecular complexity index is 438. The normalized spacial score (nSPS) is 14.3. The molecule has 0 saturated carbocycles. The zero-order valence-corrected chi connectivity index (χ0v) is 11.5. The molecular formula is C14H21O2P. The summed E-state index contributed by atoms with van der Waals surface area (Å²) < 4.78 is 12.3. The topological polar surface area (TPSA) is 37.3 Å². The quantitative estimate of drug-likeness (QED) is 0.623. The average molecular weight is 252 g/mol. The lowest BCUT2D eigenvalue weighted by atomic mass is 10.1. The van der Waals surface area contributed by atoms with Gasteiger partial charge in [-0.3, -0.25) is 4.57 Å². The first kappa shape index (κ1) is 14.2. The van der Waals surface area contributed by atoms with E-state index in [9.17, 15) is 9.46 Å². The van der Waals surface area contributed by atoms with Crippen LogP contribution in [0.2, 0.25) is 0 Å². The second kappa shape index (κ2) is 6.18. The van der Waals surface area contributed by atoms with E-state index in [-0.39, 0.29) is 6.16 Å². The van der Waals surface area contributed by atoms with Crippen LogP contribution >= 0.6 is 7.37 Å². The van der Waals surface area contributed by atoms with Gasteiger partial charge in [-0.1, -0.05) is 32.1 Å². The van der Waals surface area contributed by atoms with Gasteiger partial charge in [-0.25, -0.2) is 0 Å². The predicted octanol–water partition coefficient (Wildman–Crippen LogP) is 3.28. The number of aryl methyl sites for hydroxylation is 2. The summed E-state index contributed by atoms with van der Waals surface area (Å²) in [4.78, 5) is 10.1. The molecule has 0 amide bonds. The van der Waals surface area contributed by atoms with Crippen LogP contribution in [0.5, 0.6) is 0 Å². The Balaban J connectivity index is 3.11. The second-order valence-corrected chi connectivity index (χ2v) is 6.50. The van der Waals surface area contributed by atoms with E-state index in [2.05, 4.69) is 13.5 Å². The number of benzene rings is 1. The predicted molar refractivity (Wildman–Crippen MR) is 74.3 cm³/mol. The van der Waals surface area contributed by atoms with Gasteiger partial charge in [0.15, 0.2) is 0 Å². The van der Waals surface area contributed by atoms with Crippen molar-refractivity contribution in [3.05, 3.63) is 42.0 Å². The fourth-order valence-electron chi connectivity index (χ4n) is 1.87. The Labute approximate surface area is 104 Å². The molecule has 0 radical (unpaired) electrons. The molecular weight excluding hydrogens is 231 g/mol. The molecule has 2 nitrogen and oxygen atoms in total. The largest absolute Gasteiger partial charge is 0.341 e. The van der Waals surface area contributed by atoms with Crippen molar-refractivity contribution in [3.8, 4) is 0 Å². The number of rotatable bonds is 6. The highest BCUT2D eigenvalue weighted by Crippen LogP contribution is 2.41. The Morgan fingerprint density at radius 1 is 1.35 bits per heavy atom. The van der Waals surface area contributed by atoms with Gasteiger partial charge in [-0.2, -0.15) is 0 Å². The van der Waals surface area contributed by atoms with Gasteiger partial charge in [0.05, 0.1) is 0 Å². The van der Waals surface area contributed by atoms with E-state index in [1.807, 2.05) is 25.1 Å². The third-order valence-corrected chi connectivity index (χ3v) is 5.00. The third-order valence-electron chi connectivity index (χ3n) is 2.95. The molecule has 94 valence electrons. The average Bonchev–Trinajstić information content (AvgIpc) is 2.35. The molecule has 0 bridgehead atoms. The number of allylic oxidation sites excluding steroid dienone is 1. The van der Waals surface area contributed by atoms with Crippen molar-refractivity contribution in [1.29, 1.82) is 0 Å². The Morgan fingerprint density at radius 3 is 2.59 bits per heavy atom. The van der Waals surface area contributed by atoms with Gasteiger partial charge in [0.25, 0.3) is 0 Å². The molecule has 0 aliphatic carbocycles. The van der Waals surface area contributed by atoms with Crippen LogP contribution in [-0.2, 0) is 17.4 Å². The number of hydrogen-bond acceptors (Lipinski definition) is 1. The van der Waals surface area contributed by atoms with Crippen LogP contribution in [-0.4, -0.2) is 11.1 Å². The van der Waals surface area contributed by atoms with Gasteiger partial charge >= 0.3 is 0 Å². The van der Waals surface area contributed by atoms with Crippen LogP contribution in [0, 0.1) is 0 Å². The minimum Gasteiger partial charge on any atom is -0.341 e. The van der Waals surface area contributed by atoms with Crippen molar-refractivity contribution in [2.75, 3.05) is 6.16 Å². The van der Waals surface area contributed by atoms with Crippen LogP contribution in [0.1, 0.15) is 31.4 Å². The lowest BCUT2D eigenvalue weighted by Crippen LogP contribution is -2.13. The molecule has 0 saturated heterocycles. The molecule has 17 heavy (non-hydrogen) atoms. The molecule has 0 aromatic heterocycles. The standard InChI is InChI=1S/C14H21O2P/c1-4-7-10-17(15,16)14-9-8-12(5-2)11-13(14)6-3/h4,8-9,11H,1,5-7,10H2,2-3H3,(H,15,16). The molecule has 0 aliphatic rings. The van der Waals surface area contributed by atoms with E-state index in [4.69, 9.17) is 0 Å². The van der Waals surface area contributed by atoms with Crippen LogP contribution in [0.4, 0.5) is 0 Å². The maximum atomic E-state index is 12.3. The molecule has 1 atom stereocenters. The summed E-state index contributed by atoms with van der Waals surface area (Å²) in [6.45, 7) is 7.70. The molecule has 1 N–H and O–H groups in total. The SMILES string of the molecule is C=CCCP(=O)(O)c1ccc(CC)cc1CC. The summed E-state index contributed by atoms with van der Waals surface area (Å²) in [5.74, 6) is 0. The van der Waals surface area contributed by atoms with Crippen molar-refractivity contribution in [1.82, 2.24) is 0 Å². The zero-order chi connectivity index (χ0) is 12.9. The summed E-state index contributed by atoms with van der Waals surface area (Å²) in [5, 5.41) is 0.624.